The van der Waals surface area contributed by atoms with E-state index >= 15 is 0 Å². The van der Waals surface area contributed by atoms with E-state index in [9.17, 15) is 13.2 Å². The number of nitrogens with one attached hydrogen (secondary N) is 2. The third-order valence-corrected chi connectivity index (χ3v) is 7.31. The van der Waals surface area contributed by atoms with Gasteiger partial charge in [-0.05, 0) is 69.2 Å². The molecular weight excluding hydrogens is 460 g/mol. The van der Waals surface area contributed by atoms with Crippen LogP contribution in [0.3, 0.4) is 0 Å². The van der Waals surface area contributed by atoms with Crippen LogP contribution in [-0.2, 0) is 21.2 Å². The van der Waals surface area contributed by atoms with Gasteiger partial charge in [-0.2, -0.15) is 4.72 Å². The molecule has 0 spiro atoms. The molecule has 0 fully saturated rings. The summed E-state index contributed by atoms with van der Waals surface area (Å²) in [6.45, 7) is 2.72. The molecule has 1 aliphatic carbocycles. The van der Waals surface area contributed by atoms with Crippen LogP contribution in [0.1, 0.15) is 44.6 Å². The molecule has 0 radical (unpaired) electrons. The Morgan fingerprint density at radius 2 is 1.94 bits per heavy atom. The molecule has 2 aromatic carbocycles. The van der Waals surface area contributed by atoms with Gasteiger partial charge in [0.25, 0.3) is 0 Å². The molecule has 0 aliphatic heterocycles. The Balaban J connectivity index is 1.73. The highest BCUT2D eigenvalue weighted by atomic mass is 35.5. The molecule has 2 N–H and O–H groups in total. The second-order valence-electron chi connectivity index (χ2n) is 8.04. The molecule has 3 rings (SSSR count). The molecule has 6 nitrogen and oxygen atoms in total. The van der Waals surface area contributed by atoms with Crippen molar-refractivity contribution in [3.05, 3.63) is 70.8 Å². The number of rotatable bonds is 11. The number of ether oxygens (including phenoxy) is 1. The van der Waals surface area contributed by atoms with Crippen molar-refractivity contribution in [3.8, 4) is 5.75 Å². The van der Waals surface area contributed by atoms with Crippen molar-refractivity contribution in [3.63, 3.8) is 0 Å². The number of hydrogen-bond acceptors (Lipinski definition) is 4. The maximum atomic E-state index is 13.1. The topological polar surface area (TPSA) is 84.5 Å². The molecule has 178 valence electrons. The van der Waals surface area contributed by atoms with Crippen molar-refractivity contribution in [1.29, 1.82) is 0 Å². The molecule has 0 bridgehead atoms. The summed E-state index contributed by atoms with van der Waals surface area (Å²) in [5.41, 5.74) is 2.21. The summed E-state index contributed by atoms with van der Waals surface area (Å²) in [7, 11) is -3.99. The Kier molecular flexibility index (Phi) is 9.35. The SMILES string of the molecule is CCOc1ccc(S(=O)(=O)NC(Cc2ccccc2)C(=O)NCCC2=CCCCC2)cc1Cl. The lowest BCUT2D eigenvalue weighted by molar-refractivity contribution is -0.122. The number of benzene rings is 2. The van der Waals surface area contributed by atoms with Gasteiger partial charge >= 0.3 is 0 Å². The van der Waals surface area contributed by atoms with Crippen molar-refractivity contribution in [2.24, 2.45) is 0 Å². The first kappa shape index (κ1) is 25.3. The zero-order valence-corrected chi connectivity index (χ0v) is 20.4. The van der Waals surface area contributed by atoms with Crippen LogP contribution < -0.4 is 14.8 Å². The van der Waals surface area contributed by atoms with Gasteiger partial charge in [0.2, 0.25) is 15.9 Å². The molecule has 0 heterocycles. The molecule has 1 amide bonds. The first-order valence-corrected chi connectivity index (χ1v) is 13.2. The Bertz CT molecular complexity index is 1070. The Morgan fingerprint density at radius 1 is 1.15 bits per heavy atom. The van der Waals surface area contributed by atoms with Gasteiger partial charge < -0.3 is 10.1 Å². The van der Waals surface area contributed by atoms with E-state index < -0.39 is 16.1 Å². The lowest BCUT2D eigenvalue weighted by atomic mass is 9.97. The Hall–Kier alpha value is -2.35. The summed E-state index contributed by atoms with van der Waals surface area (Å²) >= 11 is 6.18. The zero-order chi connectivity index (χ0) is 23.7. The van der Waals surface area contributed by atoms with Crippen LogP contribution in [0.2, 0.25) is 5.02 Å². The predicted octanol–water partition coefficient (Wildman–Crippen LogP) is 4.64. The molecule has 2 aromatic rings. The van der Waals surface area contributed by atoms with E-state index in [1.165, 1.54) is 36.6 Å². The molecule has 8 heteroatoms. The van der Waals surface area contributed by atoms with Crippen LogP contribution in [0.4, 0.5) is 0 Å². The fourth-order valence-electron chi connectivity index (χ4n) is 3.82. The fraction of sp³-hybridized carbons (Fsp3) is 0.400. The van der Waals surface area contributed by atoms with Gasteiger partial charge in [-0.1, -0.05) is 53.6 Å². The quantitative estimate of drug-likeness (QED) is 0.449. The molecule has 1 aliphatic rings. The Labute approximate surface area is 201 Å². The number of allylic oxidation sites excluding steroid dienone is 1. The van der Waals surface area contributed by atoms with Crippen LogP contribution >= 0.6 is 11.6 Å². The minimum absolute atomic E-state index is 0.0193. The highest BCUT2D eigenvalue weighted by molar-refractivity contribution is 7.89. The summed E-state index contributed by atoms with van der Waals surface area (Å²) in [6, 6.07) is 12.7. The second-order valence-corrected chi connectivity index (χ2v) is 10.2. The van der Waals surface area contributed by atoms with Gasteiger partial charge in [0, 0.05) is 6.54 Å². The van der Waals surface area contributed by atoms with Crippen molar-refractivity contribution >= 4 is 27.5 Å². The van der Waals surface area contributed by atoms with E-state index in [1.54, 1.807) is 0 Å². The summed E-state index contributed by atoms with van der Waals surface area (Å²) < 4.78 is 34.1. The molecule has 0 aromatic heterocycles. The van der Waals surface area contributed by atoms with Gasteiger partial charge in [-0.3, -0.25) is 4.79 Å². The molecule has 0 saturated heterocycles. The third kappa shape index (κ3) is 7.59. The van der Waals surface area contributed by atoms with Crippen LogP contribution in [0.25, 0.3) is 0 Å². The van der Waals surface area contributed by atoms with Crippen molar-refractivity contribution in [2.75, 3.05) is 13.2 Å². The van der Waals surface area contributed by atoms with Crippen LogP contribution in [0, 0.1) is 0 Å². The van der Waals surface area contributed by atoms with Gasteiger partial charge in [-0.25, -0.2) is 8.42 Å². The van der Waals surface area contributed by atoms with E-state index in [2.05, 4.69) is 16.1 Å². The standard InChI is InChI=1S/C25H31ClN2O4S/c1-2-32-24-14-13-21(18-22(24)26)33(30,31)28-23(17-20-11-7-4-8-12-20)25(29)27-16-15-19-9-5-3-6-10-19/h4,7-9,11-14,18,23,28H,2-3,5-6,10,15-17H2,1H3,(H,27,29). The number of carbonyl (C=O) groups excluding carboxylic acids is 1. The lowest BCUT2D eigenvalue weighted by Crippen LogP contribution is -2.48. The maximum absolute atomic E-state index is 13.1. The maximum Gasteiger partial charge on any atom is 0.241 e. The van der Waals surface area contributed by atoms with Crippen LogP contribution in [-0.4, -0.2) is 33.5 Å². The highest BCUT2D eigenvalue weighted by Gasteiger charge is 2.26. The Morgan fingerprint density at radius 3 is 2.61 bits per heavy atom. The summed E-state index contributed by atoms with van der Waals surface area (Å²) in [5.74, 6) is 0.0598. The predicted molar refractivity (Wildman–Crippen MR) is 131 cm³/mol. The first-order chi connectivity index (χ1) is 15.9. The van der Waals surface area contributed by atoms with Crippen molar-refractivity contribution in [1.82, 2.24) is 10.0 Å². The number of sulfonamides is 1. The van der Waals surface area contributed by atoms with Crippen molar-refractivity contribution in [2.45, 2.75) is 56.4 Å². The molecular formula is C25H31ClN2O4S. The largest absolute Gasteiger partial charge is 0.492 e. The third-order valence-electron chi connectivity index (χ3n) is 5.54. The fourth-order valence-corrected chi connectivity index (χ4v) is 5.34. The van der Waals surface area contributed by atoms with E-state index in [-0.39, 0.29) is 22.2 Å². The number of carbonyl (C=O) groups is 1. The normalized spacial score (nSPS) is 14.9. The minimum atomic E-state index is -3.99. The average molecular weight is 491 g/mol. The van der Waals surface area contributed by atoms with E-state index in [4.69, 9.17) is 16.3 Å². The van der Waals surface area contributed by atoms with Gasteiger partial charge in [0.05, 0.1) is 16.5 Å². The van der Waals surface area contributed by atoms with Gasteiger partial charge in [0.15, 0.2) is 0 Å². The zero-order valence-electron chi connectivity index (χ0n) is 18.8. The number of halogens is 1. The summed E-state index contributed by atoms with van der Waals surface area (Å²) in [5, 5.41) is 3.11. The van der Waals surface area contributed by atoms with Gasteiger partial charge in [-0.15, -0.1) is 0 Å². The smallest absolute Gasteiger partial charge is 0.241 e. The molecule has 1 atom stereocenters. The summed E-state index contributed by atoms with van der Waals surface area (Å²) in [6.07, 6.45) is 7.81. The van der Waals surface area contributed by atoms with Crippen molar-refractivity contribution < 1.29 is 17.9 Å². The molecule has 1 unspecified atom stereocenters. The second kappa shape index (κ2) is 12.2. The van der Waals surface area contributed by atoms with Gasteiger partial charge in [0.1, 0.15) is 11.8 Å². The molecule has 33 heavy (non-hydrogen) atoms. The van der Waals surface area contributed by atoms with Crippen LogP contribution in [0.5, 0.6) is 5.75 Å². The van der Waals surface area contributed by atoms with E-state index in [0.29, 0.717) is 18.9 Å². The van der Waals surface area contributed by atoms with Crippen LogP contribution in [0.15, 0.2) is 65.1 Å². The number of amides is 1. The highest BCUT2D eigenvalue weighted by Crippen LogP contribution is 2.27. The van der Waals surface area contributed by atoms with E-state index in [1.807, 2.05) is 37.3 Å². The summed E-state index contributed by atoms with van der Waals surface area (Å²) in [4.78, 5) is 13.0. The van der Waals surface area contributed by atoms with E-state index in [0.717, 1.165) is 24.8 Å². The first-order valence-electron chi connectivity index (χ1n) is 11.3. The lowest BCUT2D eigenvalue weighted by Gasteiger charge is -2.20. The molecule has 0 saturated carbocycles. The minimum Gasteiger partial charge on any atom is -0.492 e. The monoisotopic (exact) mass is 490 g/mol. The average Bonchev–Trinajstić information content (AvgIpc) is 2.81. The number of hydrogen-bond donors (Lipinski definition) is 2.